The van der Waals surface area contributed by atoms with Gasteiger partial charge in [-0.05, 0) is 49.6 Å². The van der Waals surface area contributed by atoms with Crippen LogP contribution in [0.15, 0.2) is 91.4 Å². The van der Waals surface area contributed by atoms with E-state index in [1.54, 1.807) is 0 Å². The lowest BCUT2D eigenvalue weighted by Crippen LogP contribution is -2.26. The van der Waals surface area contributed by atoms with Gasteiger partial charge in [0, 0.05) is 42.3 Å². The Hall–Kier alpha value is -3.24. The van der Waals surface area contributed by atoms with Crippen LogP contribution in [-0.4, -0.2) is 20.8 Å². The Kier molecular flexibility index (Phi) is 6.13. The summed E-state index contributed by atoms with van der Waals surface area (Å²) < 4.78 is 1.96. The SMILES string of the molecule is C[C@H](CCc1ccccc1)NCc1cn(-c2ccccc2)nc1-c1ccncc1. The molecule has 0 amide bonds. The minimum Gasteiger partial charge on any atom is -0.310 e. The lowest BCUT2D eigenvalue weighted by Gasteiger charge is -2.14. The fourth-order valence-corrected chi connectivity index (χ4v) is 3.42. The van der Waals surface area contributed by atoms with Gasteiger partial charge in [0.15, 0.2) is 0 Å². The molecule has 4 aromatic rings. The lowest BCUT2D eigenvalue weighted by molar-refractivity contribution is 0.514. The fourth-order valence-electron chi connectivity index (χ4n) is 3.42. The predicted molar refractivity (Wildman–Crippen MR) is 118 cm³/mol. The number of aromatic nitrogens is 3. The highest BCUT2D eigenvalue weighted by Crippen LogP contribution is 2.23. The molecule has 0 aliphatic carbocycles. The van der Waals surface area contributed by atoms with E-state index in [4.69, 9.17) is 5.10 Å². The molecular formula is C25H26N4. The van der Waals surface area contributed by atoms with Crippen LogP contribution in [0.1, 0.15) is 24.5 Å². The van der Waals surface area contributed by atoms with Gasteiger partial charge in [0.05, 0.1) is 11.4 Å². The van der Waals surface area contributed by atoms with Crippen molar-refractivity contribution in [3.8, 4) is 16.9 Å². The normalized spacial score (nSPS) is 12.0. The molecule has 0 aliphatic heterocycles. The molecule has 146 valence electrons. The number of hydrogen-bond acceptors (Lipinski definition) is 3. The van der Waals surface area contributed by atoms with Crippen LogP contribution < -0.4 is 5.32 Å². The second kappa shape index (κ2) is 9.30. The molecule has 2 aromatic carbocycles. The summed E-state index contributed by atoms with van der Waals surface area (Å²) in [4.78, 5) is 4.14. The Morgan fingerprint density at radius 2 is 1.59 bits per heavy atom. The summed E-state index contributed by atoms with van der Waals surface area (Å²) >= 11 is 0. The Bertz CT molecular complexity index is 1010. The lowest BCUT2D eigenvalue weighted by atomic mass is 10.1. The molecule has 4 nitrogen and oxygen atoms in total. The third-order valence-corrected chi connectivity index (χ3v) is 5.11. The smallest absolute Gasteiger partial charge is 0.0973 e. The summed E-state index contributed by atoms with van der Waals surface area (Å²) in [5, 5.41) is 8.55. The Balaban J connectivity index is 1.49. The fraction of sp³-hybridized carbons (Fsp3) is 0.200. The van der Waals surface area contributed by atoms with Crippen LogP contribution in [0.4, 0.5) is 0 Å². The monoisotopic (exact) mass is 382 g/mol. The Morgan fingerprint density at radius 3 is 2.31 bits per heavy atom. The number of rotatable bonds is 8. The molecule has 0 spiro atoms. The van der Waals surface area contributed by atoms with E-state index >= 15 is 0 Å². The number of pyridine rings is 1. The van der Waals surface area contributed by atoms with Crippen LogP contribution in [0.3, 0.4) is 0 Å². The first-order valence-electron chi connectivity index (χ1n) is 10.1. The van der Waals surface area contributed by atoms with Gasteiger partial charge in [-0.3, -0.25) is 4.98 Å². The number of benzene rings is 2. The number of para-hydroxylation sites is 1. The third kappa shape index (κ3) is 4.98. The van der Waals surface area contributed by atoms with Crippen LogP contribution in [-0.2, 0) is 13.0 Å². The highest BCUT2D eigenvalue weighted by atomic mass is 15.3. The van der Waals surface area contributed by atoms with Crippen molar-refractivity contribution in [1.29, 1.82) is 0 Å². The molecule has 2 aromatic heterocycles. The highest BCUT2D eigenvalue weighted by molar-refractivity contribution is 5.62. The summed E-state index contributed by atoms with van der Waals surface area (Å²) in [5.41, 5.74) is 5.72. The van der Waals surface area contributed by atoms with E-state index in [0.29, 0.717) is 6.04 Å². The van der Waals surface area contributed by atoms with Crippen molar-refractivity contribution in [1.82, 2.24) is 20.1 Å². The minimum absolute atomic E-state index is 0.417. The quantitative estimate of drug-likeness (QED) is 0.464. The van der Waals surface area contributed by atoms with E-state index in [1.807, 2.05) is 47.4 Å². The predicted octanol–water partition coefficient (Wildman–Crippen LogP) is 5.05. The maximum atomic E-state index is 4.87. The van der Waals surface area contributed by atoms with Crippen molar-refractivity contribution in [3.05, 3.63) is 103 Å². The second-order valence-electron chi connectivity index (χ2n) is 7.33. The number of aryl methyl sites for hydroxylation is 1. The van der Waals surface area contributed by atoms with Crippen molar-refractivity contribution in [2.45, 2.75) is 32.4 Å². The second-order valence-corrected chi connectivity index (χ2v) is 7.33. The molecule has 0 fully saturated rings. The molecule has 4 rings (SSSR count). The number of nitrogens with zero attached hydrogens (tertiary/aromatic N) is 3. The average molecular weight is 383 g/mol. The molecule has 1 atom stereocenters. The van der Waals surface area contributed by atoms with Gasteiger partial charge in [-0.25, -0.2) is 4.68 Å². The van der Waals surface area contributed by atoms with E-state index in [1.165, 1.54) is 11.1 Å². The Labute approximate surface area is 172 Å². The maximum absolute atomic E-state index is 4.87. The summed E-state index contributed by atoms with van der Waals surface area (Å²) in [6.07, 6.45) is 7.94. The van der Waals surface area contributed by atoms with Crippen molar-refractivity contribution in [2.75, 3.05) is 0 Å². The van der Waals surface area contributed by atoms with Gasteiger partial charge in [-0.15, -0.1) is 0 Å². The van der Waals surface area contributed by atoms with Crippen molar-refractivity contribution >= 4 is 0 Å². The molecular weight excluding hydrogens is 356 g/mol. The first-order chi connectivity index (χ1) is 14.3. The first-order valence-corrected chi connectivity index (χ1v) is 10.1. The zero-order valence-corrected chi connectivity index (χ0v) is 16.7. The molecule has 0 radical (unpaired) electrons. The highest BCUT2D eigenvalue weighted by Gasteiger charge is 2.13. The van der Waals surface area contributed by atoms with E-state index in [0.717, 1.165) is 36.3 Å². The van der Waals surface area contributed by atoms with Crippen LogP contribution in [0, 0.1) is 0 Å². The van der Waals surface area contributed by atoms with Gasteiger partial charge in [0.25, 0.3) is 0 Å². The minimum atomic E-state index is 0.417. The zero-order valence-electron chi connectivity index (χ0n) is 16.7. The van der Waals surface area contributed by atoms with Gasteiger partial charge in [-0.2, -0.15) is 5.10 Å². The van der Waals surface area contributed by atoms with Crippen LogP contribution in [0.5, 0.6) is 0 Å². The van der Waals surface area contributed by atoms with Crippen molar-refractivity contribution < 1.29 is 0 Å². The molecule has 0 aliphatic rings. The topological polar surface area (TPSA) is 42.7 Å². The molecule has 0 saturated heterocycles. The van der Waals surface area contributed by atoms with E-state index < -0.39 is 0 Å². The van der Waals surface area contributed by atoms with E-state index in [9.17, 15) is 0 Å². The molecule has 4 heteroatoms. The van der Waals surface area contributed by atoms with Crippen LogP contribution >= 0.6 is 0 Å². The summed E-state index contributed by atoms with van der Waals surface area (Å²) in [6, 6.07) is 25.3. The van der Waals surface area contributed by atoms with E-state index in [-0.39, 0.29) is 0 Å². The third-order valence-electron chi connectivity index (χ3n) is 5.11. The van der Waals surface area contributed by atoms with Crippen LogP contribution in [0.25, 0.3) is 16.9 Å². The summed E-state index contributed by atoms with van der Waals surface area (Å²) in [6.45, 7) is 3.02. The molecule has 0 bridgehead atoms. The Morgan fingerprint density at radius 1 is 0.897 bits per heavy atom. The molecule has 2 heterocycles. The van der Waals surface area contributed by atoms with E-state index in [2.05, 4.69) is 65.9 Å². The van der Waals surface area contributed by atoms with Gasteiger partial charge < -0.3 is 5.32 Å². The molecule has 1 N–H and O–H groups in total. The van der Waals surface area contributed by atoms with Crippen LogP contribution in [0.2, 0.25) is 0 Å². The van der Waals surface area contributed by atoms with Gasteiger partial charge in [-0.1, -0.05) is 48.5 Å². The van der Waals surface area contributed by atoms with Crippen molar-refractivity contribution in [3.63, 3.8) is 0 Å². The summed E-state index contributed by atoms with van der Waals surface area (Å²) in [5.74, 6) is 0. The number of hydrogen-bond donors (Lipinski definition) is 1. The molecule has 0 saturated carbocycles. The van der Waals surface area contributed by atoms with Crippen molar-refractivity contribution in [2.24, 2.45) is 0 Å². The molecule has 0 unspecified atom stereocenters. The summed E-state index contributed by atoms with van der Waals surface area (Å²) in [7, 11) is 0. The average Bonchev–Trinajstić information content (AvgIpc) is 3.22. The first kappa shape index (κ1) is 19.1. The van der Waals surface area contributed by atoms with Gasteiger partial charge in [0.2, 0.25) is 0 Å². The molecule has 29 heavy (non-hydrogen) atoms. The largest absolute Gasteiger partial charge is 0.310 e. The number of nitrogens with one attached hydrogen (secondary N) is 1. The zero-order chi connectivity index (χ0) is 19.9. The van der Waals surface area contributed by atoms with Gasteiger partial charge in [0.1, 0.15) is 0 Å². The van der Waals surface area contributed by atoms with Gasteiger partial charge >= 0.3 is 0 Å². The maximum Gasteiger partial charge on any atom is 0.0973 e. The standard InChI is InChI=1S/C25H26N4/c1-20(12-13-21-8-4-2-5-9-21)27-18-23-19-29(24-10-6-3-7-11-24)28-25(23)22-14-16-26-17-15-22/h2-11,14-17,19-20,27H,12-13,18H2,1H3/t20-/m1/s1.